The monoisotopic (exact) mass is 303 g/mol. The van der Waals surface area contributed by atoms with Crippen molar-refractivity contribution < 1.29 is 19.2 Å². The van der Waals surface area contributed by atoms with Crippen LogP contribution in [0.25, 0.3) is 0 Å². The highest BCUT2D eigenvalue weighted by Crippen LogP contribution is 2.21. The van der Waals surface area contributed by atoms with Gasteiger partial charge < -0.3 is 14.4 Å². The number of piperidine rings is 1. The van der Waals surface area contributed by atoms with Gasteiger partial charge in [0.2, 0.25) is 0 Å². The number of carbonyl (C=O) groups excluding carboxylic acids is 1. The van der Waals surface area contributed by atoms with E-state index in [9.17, 15) is 9.82 Å². The molecule has 1 fully saturated rings. The summed E-state index contributed by atoms with van der Waals surface area (Å²) in [7, 11) is -0.803. The topological polar surface area (TPSA) is 59.0 Å². The lowest BCUT2D eigenvalue weighted by atomic mass is 9.76. The first-order chi connectivity index (χ1) is 10.7. The van der Waals surface area contributed by atoms with Crippen LogP contribution in [0.5, 0.6) is 0 Å². The van der Waals surface area contributed by atoms with Crippen molar-refractivity contribution in [2.24, 2.45) is 5.92 Å². The molecule has 5 nitrogen and oxygen atoms in total. The van der Waals surface area contributed by atoms with Gasteiger partial charge in [0.15, 0.2) is 0 Å². The van der Waals surface area contributed by atoms with E-state index < -0.39 is 7.12 Å². The minimum Gasteiger partial charge on any atom is -0.466 e. The van der Waals surface area contributed by atoms with Gasteiger partial charge >= 0.3 is 13.1 Å². The number of carbonyl (C=O) groups is 1. The normalized spacial score (nSPS) is 19.3. The summed E-state index contributed by atoms with van der Waals surface area (Å²) in [5, 5.41) is 9.96. The standard InChI is InChI=1S/C16H22BNO4/c1-2-21-16(19)12-6-8-18(9-7-12)10-13-4-3-5-14-11-22-17(20)15(13)14/h3-5,12,20H,2,6-11H2,1H3. The first kappa shape index (κ1) is 15.5. The van der Waals surface area contributed by atoms with Crippen molar-refractivity contribution in [3.63, 3.8) is 0 Å². The Morgan fingerprint density at radius 2 is 2.23 bits per heavy atom. The molecule has 0 radical (unpaired) electrons. The number of nitrogens with zero attached hydrogens (tertiary/aromatic N) is 1. The lowest BCUT2D eigenvalue weighted by molar-refractivity contribution is -0.149. The van der Waals surface area contributed by atoms with Crippen LogP contribution in [0.2, 0.25) is 0 Å². The molecule has 2 aliphatic heterocycles. The second-order valence-electron chi connectivity index (χ2n) is 5.96. The molecule has 0 aliphatic carbocycles. The van der Waals surface area contributed by atoms with Crippen LogP contribution in [0.4, 0.5) is 0 Å². The van der Waals surface area contributed by atoms with Crippen LogP contribution in [-0.2, 0) is 27.3 Å². The predicted molar refractivity (Wildman–Crippen MR) is 83.5 cm³/mol. The van der Waals surface area contributed by atoms with E-state index in [1.54, 1.807) is 0 Å². The van der Waals surface area contributed by atoms with Gasteiger partial charge in [-0.1, -0.05) is 18.2 Å². The maximum Gasteiger partial charge on any atom is 0.492 e. The fraction of sp³-hybridized carbons (Fsp3) is 0.562. The Hall–Kier alpha value is -1.37. The van der Waals surface area contributed by atoms with E-state index in [2.05, 4.69) is 4.90 Å². The number of fused-ring (bicyclic) bond motifs is 1. The smallest absolute Gasteiger partial charge is 0.466 e. The third-order valence-electron chi connectivity index (χ3n) is 4.53. The third-order valence-corrected chi connectivity index (χ3v) is 4.53. The second kappa shape index (κ2) is 6.81. The van der Waals surface area contributed by atoms with E-state index in [1.807, 2.05) is 25.1 Å². The fourth-order valence-corrected chi connectivity index (χ4v) is 3.33. The predicted octanol–water partition coefficient (Wildman–Crippen LogP) is 0.679. The van der Waals surface area contributed by atoms with E-state index in [-0.39, 0.29) is 11.9 Å². The highest BCUT2D eigenvalue weighted by molar-refractivity contribution is 6.62. The van der Waals surface area contributed by atoms with Crippen molar-refractivity contribution in [3.05, 3.63) is 29.3 Å². The van der Waals surface area contributed by atoms with Gasteiger partial charge in [-0.05, 0) is 49.4 Å². The molecule has 0 spiro atoms. The van der Waals surface area contributed by atoms with E-state index in [4.69, 9.17) is 9.39 Å². The quantitative estimate of drug-likeness (QED) is 0.655. The first-order valence-electron chi connectivity index (χ1n) is 7.98. The van der Waals surface area contributed by atoms with Crippen molar-refractivity contribution in [1.29, 1.82) is 0 Å². The molecule has 0 atom stereocenters. The van der Waals surface area contributed by atoms with Gasteiger partial charge in [0.1, 0.15) is 0 Å². The molecule has 118 valence electrons. The van der Waals surface area contributed by atoms with Crippen LogP contribution in [0.1, 0.15) is 30.9 Å². The molecule has 3 rings (SSSR count). The van der Waals surface area contributed by atoms with E-state index >= 15 is 0 Å². The molecule has 1 aromatic carbocycles. The zero-order chi connectivity index (χ0) is 15.5. The molecule has 1 aromatic rings. The van der Waals surface area contributed by atoms with Gasteiger partial charge in [-0.15, -0.1) is 0 Å². The molecule has 22 heavy (non-hydrogen) atoms. The summed E-state index contributed by atoms with van der Waals surface area (Å²) >= 11 is 0. The second-order valence-corrected chi connectivity index (χ2v) is 5.96. The summed E-state index contributed by atoms with van der Waals surface area (Å²) in [5.74, 6) is -0.0295. The van der Waals surface area contributed by atoms with Gasteiger partial charge in [-0.3, -0.25) is 9.69 Å². The average Bonchev–Trinajstić information content (AvgIpc) is 2.91. The largest absolute Gasteiger partial charge is 0.492 e. The van der Waals surface area contributed by atoms with Gasteiger partial charge in [-0.25, -0.2) is 0 Å². The molecule has 0 aromatic heterocycles. The minimum absolute atomic E-state index is 0.0339. The van der Waals surface area contributed by atoms with Gasteiger partial charge in [0, 0.05) is 6.54 Å². The number of hydrogen-bond acceptors (Lipinski definition) is 5. The Kier molecular flexibility index (Phi) is 4.81. The Morgan fingerprint density at radius 1 is 1.45 bits per heavy atom. The molecular formula is C16H22BNO4. The van der Waals surface area contributed by atoms with E-state index in [0.29, 0.717) is 13.2 Å². The summed E-state index contributed by atoms with van der Waals surface area (Å²) in [6.45, 7) is 5.33. The maximum atomic E-state index is 11.8. The average molecular weight is 303 g/mol. The maximum absolute atomic E-state index is 11.8. The van der Waals surface area contributed by atoms with Crippen LogP contribution in [0.15, 0.2) is 18.2 Å². The van der Waals surface area contributed by atoms with Gasteiger partial charge in [0.05, 0.1) is 19.1 Å². The van der Waals surface area contributed by atoms with Crippen molar-refractivity contribution in [2.75, 3.05) is 19.7 Å². The molecule has 0 saturated carbocycles. The highest BCUT2D eigenvalue weighted by Gasteiger charge is 2.31. The molecule has 6 heteroatoms. The molecular weight excluding hydrogens is 281 g/mol. The van der Waals surface area contributed by atoms with Crippen LogP contribution in [0, 0.1) is 5.92 Å². The van der Waals surface area contributed by atoms with Crippen LogP contribution in [-0.4, -0.2) is 42.7 Å². The first-order valence-corrected chi connectivity index (χ1v) is 7.98. The fourth-order valence-electron chi connectivity index (χ4n) is 3.33. The van der Waals surface area contributed by atoms with Crippen molar-refractivity contribution in [1.82, 2.24) is 4.90 Å². The Balaban J connectivity index is 1.60. The SMILES string of the molecule is CCOC(=O)C1CCN(Cc2cccc3c2B(O)OC3)CC1. The number of likely N-dealkylation sites (tertiary alicyclic amines) is 1. The Bertz CT molecular complexity index is 543. The Labute approximate surface area is 131 Å². The van der Waals surface area contributed by atoms with Crippen LogP contribution in [0.3, 0.4) is 0 Å². The van der Waals surface area contributed by atoms with Crippen LogP contribution < -0.4 is 5.46 Å². The van der Waals surface area contributed by atoms with Crippen molar-refractivity contribution >= 4 is 18.6 Å². The minimum atomic E-state index is -0.803. The number of ether oxygens (including phenoxy) is 1. The zero-order valence-electron chi connectivity index (χ0n) is 13.0. The van der Waals surface area contributed by atoms with Crippen molar-refractivity contribution in [2.45, 2.75) is 32.9 Å². The summed E-state index contributed by atoms with van der Waals surface area (Å²) in [6, 6.07) is 6.07. The molecule has 0 amide bonds. The molecule has 0 bridgehead atoms. The third kappa shape index (κ3) is 3.19. The van der Waals surface area contributed by atoms with Gasteiger partial charge in [-0.2, -0.15) is 0 Å². The van der Waals surface area contributed by atoms with Crippen LogP contribution >= 0.6 is 0 Å². The summed E-state index contributed by atoms with van der Waals surface area (Å²) < 4.78 is 10.4. The molecule has 2 heterocycles. The number of rotatable bonds is 4. The number of esters is 1. The molecule has 1 saturated heterocycles. The van der Waals surface area contributed by atoms with Gasteiger partial charge in [0.25, 0.3) is 0 Å². The lowest BCUT2D eigenvalue weighted by Gasteiger charge is -2.31. The molecule has 0 unspecified atom stereocenters. The summed E-state index contributed by atoms with van der Waals surface area (Å²) in [4.78, 5) is 14.1. The lowest BCUT2D eigenvalue weighted by Crippen LogP contribution is -2.39. The zero-order valence-corrected chi connectivity index (χ0v) is 13.0. The summed E-state index contributed by atoms with van der Waals surface area (Å²) in [5.41, 5.74) is 3.12. The Morgan fingerprint density at radius 3 is 2.95 bits per heavy atom. The van der Waals surface area contributed by atoms with E-state index in [0.717, 1.165) is 49.1 Å². The number of hydrogen-bond donors (Lipinski definition) is 1. The number of benzene rings is 1. The van der Waals surface area contributed by atoms with Crippen molar-refractivity contribution in [3.8, 4) is 0 Å². The summed E-state index contributed by atoms with van der Waals surface area (Å²) in [6.07, 6.45) is 1.68. The highest BCUT2D eigenvalue weighted by atomic mass is 16.5. The van der Waals surface area contributed by atoms with E-state index in [1.165, 1.54) is 0 Å². The molecule has 2 aliphatic rings. The molecule has 1 N–H and O–H groups in total.